The van der Waals surface area contributed by atoms with E-state index in [1.165, 1.54) is 0 Å². The van der Waals surface area contributed by atoms with Gasteiger partial charge in [0.25, 0.3) is 0 Å². The van der Waals surface area contributed by atoms with Crippen LogP contribution in [-0.2, 0) is 4.74 Å². The average Bonchev–Trinajstić information content (AvgIpc) is 3.00. The van der Waals surface area contributed by atoms with E-state index in [9.17, 15) is 4.79 Å². The zero-order valence-corrected chi connectivity index (χ0v) is 22.4. The zero-order chi connectivity index (χ0) is 25.9. The van der Waals surface area contributed by atoms with E-state index in [0.717, 1.165) is 33.5 Å². The molecule has 0 spiro atoms. The van der Waals surface area contributed by atoms with Crippen molar-refractivity contribution < 1.29 is 9.53 Å². The molecule has 0 aromatic heterocycles. The highest BCUT2D eigenvalue weighted by Crippen LogP contribution is 2.39. The summed E-state index contributed by atoms with van der Waals surface area (Å²) in [6.07, 6.45) is 7.88. The molecule has 0 aliphatic carbocycles. The van der Waals surface area contributed by atoms with Crippen LogP contribution in [-0.4, -0.2) is 37.3 Å². The molecule has 8 heteroatoms. The minimum atomic E-state index is -0.280. The van der Waals surface area contributed by atoms with E-state index in [2.05, 4.69) is 29.1 Å². The second kappa shape index (κ2) is 13.8. The third-order valence-corrected chi connectivity index (χ3v) is 6.95. The van der Waals surface area contributed by atoms with E-state index in [1.54, 1.807) is 0 Å². The Balaban J connectivity index is 1.90. The lowest BCUT2D eigenvalue weighted by Gasteiger charge is -2.16. The number of halogens is 1. The summed E-state index contributed by atoms with van der Waals surface area (Å²) in [5.41, 5.74) is 4.98. The Hall–Kier alpha value is -3.18. The van der Waals surface area contributed by atoms with Crippen LogP contribution >= 0.6 is 20.2 Å². The van der Waals surface area contributed by atoms with Crippen molar-refractivity contribution in [1.82, 2.24) is 5.32 Å². The lowest BCUT2D eigenvalue weighted by Crippen LogP contribution is -2.31. The van der Waals surface area contributed by atoms with Crippen molar-refractivity contribution in [3.05, 3.63) is 107 Å². The highest BCUT2D eigenvalue weighted by atomic mass is 35.5. The lowest BCUT2D eigenvalue weighted by atomic mass is 10.0. The van der Waals surface area contributed by atoms with E-state index < -0.39 is 0 Å². The van der Waals surface area contributed by atoms with Crippen molar-refractivity contribution >= 4 is 43.3 Å². The number of hydrogen-bond donors (Lipinski definition) is 3. The summed E-state index contributed by atoms with van der Waals surface area (Å²) in [5, 5.41) is 10.8. The Morgan fingerprint density at radius 2 is 2.06 bits per heavy atom. The van der Waals surface area contributed by atoms with Crippen molar-refractivity contribution in [2.45, 2.75) is 19.6 Å². The Labute approximate surface area is 220 Å². The summed E-state index contributed by atoms with van der Waals surface area (Å²) in [6.45, 7) is 13.7. The minimum absolute atomic E-state index is 0.186. The van der Waals surface area contributed by atoms with Crippen LogP contribution in [0.1, 0.15) is 25.0 Å². The van der Waals surface area contributed by atoms with Crippen LogP contribution in [0.2, 0.25) is 5.02 Å². The fourth-order valence-corrected chi connectivity index (χ4v) is 4.73. The number of fused-ring (bicyclic) bond motifs is 1. The highest BCUT2D eigenvalue weighted by molar-refractivity contribution is 7.44. The molecule has 2 aromatic carbocycles. The number of rotatable bonds is 10. The Kier molecular flexibility index (Phi) is 10.5. The Morgan fingerprint density at radius 3 is 2.75 bits per heavy atom. The number of hydrogen-bond acceptors (Lipinski definition) is 4. The van der Waals surface area contributed by atoms with Gasteiger partial charge in [-0.2, -0.15) is 0 Å². The highest BCUT2D eigenvalue weighted by Gasteiger charge is 2.23. The molecule has 2 atom stereocenters. The van der Waals surface area contributed by atoms with Gasteiger partial charge in [0.05, 0.1) is 12.3 Å². The molecule has 2 aromatic rings. The van der Waals surface area contributed by atoms with Gasteiger partial charge in [0.1, 0.15) is 5.78 Å². The maximum atomic E-state index is 12.1. The summed E-state index contributed by atoms with van der Waals surface area (Å²) < 4.78 is 5.24. The van der Waals surface area contributed by atoms with Crippen molar-refractivity contribution in [3.63, 3.8) is 0 Å². The number of amides is 2. The predicted molar refractivity (Wildman–Crippen MR) is 155 cm³/mol. The molecule has 1 heterocycles. The molecule has 0 saturated carbocycles. The molecule has 6 nitrogen and oxygen atoms in total. The number of anilines is 2. The Morgan fingerprint density at radius 1 is 1.28 bits per heavy atom. The van der Waals surface area contributed by atoms with Gasteiger partial charge in [0.15, 0.2) is 0 Å². The molecule has 0 saturated heterocycles. The largest absolute Gasteiger partial charge is 0.380 e. The third kappa shape index (κ3) is 7.66. The average molecular weight is 523 g/mol. The minimum Gasteiger partial charge on any atom is -0.380 e. The van der Waals surface area contributed by atoms with Crippen LogP contribution in [0, 0.1) is 0 Å². The van der Waals surface area contributed by atoms with Crippen LogP contribution in [0.5, 0.6) is 0 Å². The van der Waals surface area contributed by atoms with Gasteiger partial charge in [-0.1, -0.05) is 69.8 Å². The van der Waals surface area contributed by atoms with Crippen molar-refractivity contribution in [2.75, 3.05) is 30.4 Å². The van der Waals surface area contributed by atoms with Crippen LogP contribution in [0.3, 0.4) is 0 Å². The third-order valence-electron chi connectivity index (χ3n) is 5.26. The molecule has 0 radical (unpaired) electrons. The van der Waals surface area contributed by atoms with E-state index in [-0.39, 0.29) is 11.8 Å². The first kappa shape index (κ1) is 27.4. The van der Waals surface area contributed by atoms with Gasteiger partial charge >= 0.3 is 6.03 Å². The number of benzodiazepines with no additional fused rings is 1. The molecular formula is C28H32ClN4O2P. The second-order valence-corrected chi connectivity index (χ2v) is 9.72. The van der Waals surface area contributed by atoms with E-state index in [4.69, 9.17) is 21.3 Å². The second-order valence-electron chi connectivity index (χ2n) is 7.87. The molecule has 2 unspecified atom stereocenters. The number of nitrogens with zero attached hydrogens (tertiary/aromatic N) is 1. The van der Waals surface area contributed by atoms with Crippen LogP contribution in [0.25, 0.3) is 0 Å². The molecular weight excluding hydrogens is 491 g/mol. The summed E-state index contributed by atoms with van der Waals surface area (Å²) in [4.78, 5) is 17.3. The molecule has 0 fully saturated rings. The fraction of sp³-hybridized carbons (Fsp3) is 0.214. The van der Waals surface area contributed by atoms with Crippen LogP contribution in [0.15, 0.2) is 95.9 Å². The number of carbonyl (C=O) groups excluding carboxylic acids is 1. The molecule has 0 bridgehead atoms. The van der Waals surface area contributed by atoms with Gasteiger partial charge in [0, 0.05) is 46.4 Å². The fourth-order valence-electron chi connectivity index (χ4n) is 3.49. The summed E-state index contributed by atoms with van der Waals surface area (Å²) in [5.74, 6) is -0.186. The quantitative estimate of drug-likeness (QED) is 0.180. The first-order valence-electron chi connectivity index (χ1n) is 11.7. The number of urea groups is 1. The maximum absolute atomic E-state index is 12.1. The number of carbonyl (C=O) groups is 1. The summed E-state index contributed by atoms with van der Waals surface area (Å²) in [7, 11) is 0.342. The first-order valence-corrected chi connectivity index (χ1v) is 13.2. The summed E-state index contributed by atoms with van der Waals surface area (Å²) >= 11 is 6.37. The molecule has 3 N–H and O–H groups in total. The van der Waals surface area contributed by atoms with Crippen LogP contribution in [0.4, 0.5) is 16.2 Å². The predicted octanol–water partition coefficient (Wildman–Crippen LogP) is 6.93. The normalized spacial score (nSPS) is 15.9. The van der Waals surface area contributed by atoms with Gasteiger partial charge in [-0.3, -0.25) is 4.99 Å². The van der Waals surface area contributed by atoms with Gasteiger partial charge in [-0.25, -0.2) is 4.79 Å². The van der Waals surface area contributed by atoms with Gasteiger partial charge in [-0.05, 0) is 49.5 Å². The van der Waals surface area contributed by atoms with E-state index in [0.29, 0.717) is 39.0 Å². The maximum Gasteiger partial charge on any atom is 0.319 e. The van der Waals surface area contributed by atoms with Crippen molar-refractivity contribution in [2.24, 2.45) is 4.99 Å². The number of nitrogens with one attached hydrogen (secondary N) is 3. The van der Waals surface area contributed by atoms with Crippen LogP contribution < -0.4 is 16.0 Å². The van der Waals surface area contributed by atoms with Gasteiger partial charge < -0.3 is 20.7 Å². The summed E-state index contributed by atoms with van der Waals surface area (Å²) in [6, 6.07) is 13.0. The monoisotopic (exact) mass is 522 g/mol. The van der Waals surface area contributed by atoms with Crippen molar-refractivity contribution in [3.8, 4) is 0 Å². The standard InChI is InChI=1S/C28H32ClN4O2P/c1-5-8-9-23(6-2)36-27-19(4)31-25-15-12-21(29)18-24(25)26(33-27)20-10-13-22(14-11-20)32-28(34)30-16-17-35-7-3/h5-6,8-15,18,27,31,36H,2,4,7,16-17H2,1,3H3,(H2,30,32,34)/b8-5-,23-9+. The van der Waals surface area contributed by atoms with Gasteiger partial charge in [-0.15, -0.1) is 0 Å². The molecule has 36 heavy (non-hydrogen) atoms. The molecule has 2 amide bonds. The number of benzene rings is 2. The molecule has 188 valence electrons. The van der Waals surface area contributed by atoms with E-state index >= 15 is 0 Å². The van der Waals surface area contributed by atoms with Gasteiger partial charge in [0.2, 0.25) is 0 Å². The SMILES string of the molecule is C=C/C(=C\C=C/C)PC1N=C(c2ccc(NC(=O)NCCOCC)cc2)c2cc(Cl)ccc2NC1=C. The molecule has 1 aliphatic heterocycles. The number of ether oxygens (including phenoxy) is 1. The topological polar surface area (TPSA) is 74.8 Å². The lowest BCUT2D eigenvalue weighted by molar-refractivity contribution is 0.150. The molecule has 1 aliphatic rings. The van der Waals surface area contributed by atoms with E-state index in [1.807, 2.05) is 80.6 Å². The zero-order valence-electron chi connectivity index (χ0n) is 20.6. The number of allylic oxidation sites excluding steroid dienone is 5. The number of aliphatic imine (C=N–C) groups is 1. The first-order chi connectivity index (χ1) is 17.4. The Bertz CT molecular complexity index is 1190. The smallest absolute Gasteiger partial charge is 0.319 e. The van der Waals surface area contributed by atoms with Crippen molar-refractivity contribution in [1.29, 1.82) is 0 Å². The molecule has 3 rings (SSSR count).